The monoisotopic (exact) mass is 498 g/mol. The predicted molar refractivity (Wildman–Crippen MR) is 120 cm³/mol. The molecule has 3 rings (SSSR count). The first-order valence-electron chi connectivity index (χ1n) is 9.41. The van der Waals surface area contributed by atoms with Gasteiger partial charge in [-0.3, -0.25) is 9.10 Å². The van der Waals surface area contributed by atoms with Crippen molar-refractivity contribution < 1.29 is 31.1 Å². The van der Waals surface area contributed by atoms with Crippen LogP contribution >= 0.6 is 11.6 Å². The minimum absolute atomic E-state index is 0.245. The molecule has 1 amide bonds. The van der Waals surface area contributed by atoms with Gasteiger partial charge in [-0.05, 0) is 42.5 Å². The molecular weight excluding hydrogens is 481 g/mol. The Morgan fingerprint density at radius 3 is 2.30 bits per heavy atom. The molecule has 0 aromatic heterocycles. The summed E-state index contributed by atoms with van der Waals surface area (Å²) in [6.45, 7) is -0.806. The Morgan fingerprint density at radius 1 is 1.03 bits per heavy atom. The number of para-hydroxylation sites is 3. The summed E-state index contributed by atoms with van der Waals surface area (Å²) in [4.78, 5) is 12.7. The van der Waals surface area contributed by atoms with Crippen LogP contribution in [-0.2, 0) is 21.0 Å². The average Bonchev–Trinajstić information content (AvgIpc) is 2.73. The maximum Gasteiger partial charge on any atom is 0.416 e. The molecule has 0 spiro atoms. The topological polar surface area (TPSA) is 75.7 Å². The lowest BCUT2D eigenvalue weighted by Gasteiger charge is -2.24. The number of alkyl halides is 3. The molecule has 0 radical (unpaired) electrons. The number of nitrogens with one attached hydrogen (secondary N) is 1. The van der Waals surface area contributed by atoms with E-state index in [1.165, 1.54) is 6.07 Å². The van der Waals surface area contributed by atoms with Gasteiger partial charge in [-0.15, -0.1) is 0 Å². The molecule has 3 aromatic rings. The third kappa shape index (κ3) is 6.39. The molecule has 0 heterocycles. The summed E-state index contributed by atoms with van der Waals surface area (Å²) >= 11 is 5.98. The fourth-order valence-electron chi connectivity index (χ4n) is 2.86. The van der Waals surface area contributed by atoms with E-state index in [2.05, 4.69) is 5.32 Å². The molecule has 0 fully saturated rings. The van der Waals surface area contributed by atoms with Crippen LogP contribution < -0.4 is 14.4 Å². The third-order valence-corrected chi connectivity index (χ3v) is 5.81. The number of benzene rings is 3. The Balaban J connectivity index is 1.87. The number of nitrogens with zero attached hydrogens (tertiary/aromatic N) is 1. The van der Waals surface area contributed by atoms with Gasteiger partial charge in [-0.1, -0.05) is 41.9 Å². The van der Waals surface area contributed by atoms with Crippen molar-refractivity contribution in [2.45, 2.75) is 6.18 Å². The first kappa shape index (κ1) is 24.4. The minimum Gasteiger partial charge on any atom is -0.455 e. The van der Waals surface area contributed by atoms with Crippen molar-refractivity contribution in [2.24, 2.45) is 0 Å². The highest BCUT2D eigenvalue weighted by molar-refractivity contribution is 7.92. The van der Waals surface area contributed by atoms with Gasteiger partial charge in [-0.2, -0.15) is 13.2 Å². The lowest BCUT2D eigenvalue weighted by Crippen LogP contribution is -2.37. The SMILES string of the molecule is CS(=O)(=O)N(CC(=O)Nc1ccccc1Oc1ccccc1)c1cc(C(F)(F)F)ccc1Cl. The molecular formula is C22H18ClF3N2O4S. The zero-order chi connectivity index (χ0) is 24.2. The van der Waals surface area contributed by atoms with Crippen molar-refractivity contribution in [3.05, 3.63) is 83.4 Å². The van der Waals surface area contributed by atoms with E-state index < -0.39 is 39.9 Å². The molecule has 33 heavy (non-hydrogen) atoms. The summed E-state index contributed by atoms with van der Waals surface area (Å²) < 4.78 is 70.3. The first-order chi connectivity index (χ1) is 15.4. The normalized spacial score (nSPS) is 11.7. The number of ether oxygens (including phenoxy) is 1. The molecule has 1 N–H and O–H groups in total. The third-order valence-electron chi connectivity index (χ3n) is 4.36. The second-order valence-corrected chi connectivity index (χ2v) is 9.21. The molecule has 11 heteroatoms. The van der Waals surface area contributed by atoms with Crippen molar-refractivity contribution in [2.75, 3.05) is 22.4 Å². The van der Waals surface area contributed by atoms with Crippen molar-refractivity contribution in [1.29, 1.82) is 0 Å². The van der Waals surface area contributed by atoms with Crippen LogP contribution in [0.15, 0.2) is 72.8 Å². The number of hydrogen-bond acceptors (Lipinski definition) is 4. The van der Waals surface area contributed by atoms with Crippen LogP contribution in [0.25, 0.3) is 0 Å². The quantitative estimate of drug-likeness (QED) is 0.463. The van der Waals surface area contributed by atoms with Crippen molar-refractivity contribution in [3.8, 4) is 11.5 Å². The predicted octanol–water partition coefficient (Wildman–Crippen LogP) is 5.56. The van der Waals surface area contributed by atoms with E-state index >= 15 is 0 Å². The van der Waals surface area contributed by atoms with Gasteiger partial charge in [0.15, 0.2) is 5.75 Å². The van der Waals surface area contributed by atoms with E-state index in [-0.39, 0.29) is 10.7 Å². The molecule has 0 aliphatic rings. The fraction of sp³-hybridized carbons (Fsp3) is 0.136. The molecule has 0 unspecified atom stereocenters. The summed E-state index contributed by atoms with van der Waals surface area (Å²) in [5.74, 6) is -0.00854. The van der Waals surface area contributed by atoms with Crippen molar-refractivity contribution in [1.82, 2.24) is 0 Å². The Kier molecular flexibility index (Phi) is 7.19. The molecule has 0 aliphatic heterocycles. The summed E-state index contributed by atoms with van der Waals surface area (Å²) in [5, 5.41) is 2.28. The van der Waals surface area contributed by atoms with Crippen molar-refractivity contribution in [3.63, 3.8) is 0 Å². The average molecular weight is 499 g/mol. The molecule has 6 nitrogen and oxygen atoms in total. The van der Waals surface area contributed by atoms with Gasteiger partial charge < -0.3 is 10.1 Å². The first-order valence-corrected chi connectivity index (χ1v) is 11.6. The van der Waals surface area contributed by atoms with Gasteiger partial charge in [0, 0.05) is 0 Å². The number of halogens is 4. The number of sulfonamides is 1. The molecule has 0 saturated carbocycles. The zero-order valence-electron chi connectivity index (χ0n) is 17.1. The van der Waals surface area contributed by atoms with Crippen LogP contribution in [0.3, 0.4) is 0 Å². The Hall–Kier alpha value is -3.24. The van der Waals surface area contributed by atoms with E-state index in [0.717, 1.165) is 18.4 Å². The molecule has 0 saturated heterocycles. The number of amides is 1. The van der Waals surface area contributed by atoms with E-state index in [9.17, 15) is 26.4 Å². The van der Waals surface area contributed by atoms with Crippen LogP contribution in [-0.4, -0.2) is 27.1 Å². The van der Waals surface area contributed by atoms with Gasteiger partial charge in [0.2, 0.25) is 15.9 Å². The molecule has 174 valence electrons. The highest BCUT2D eigenvalue weighted by Gasteiger charge is 2.33. The maximum atomic E-state index is 13.1. The second kappa shape index (κ2) is 9.72. The van der Waals surface area contributed by atoms with Gasteiger partial charge in [-0.25, -0.2) is 8.42 Å². The van der Waals surface area contributed by atoms with Gasteiger partial charge >= 0.3 is 6.18 Å². The molecule has 0 bridgehead atoms. The highest BCUT2D eigenvalue weighted by atomic mass is 35.5. The fourth-order valence-corrected chi connectivity index (χ4v) is 3.99. The zero-order valence-corrected chi connectivity index (χ0v) is 18.7. The summed E-state index contributed by atoms with van der Waals surface area (Å²) in [7, 11) is -4.16. The largest absolute Gasteiger partial charge is 0.455 e. The van der Waals surface area contributed by atoms with E-state index in [4.69, 9.17) is 16.3 Å². The van der Waals surface area contributed by atoms with Crippen molar-refractivity contribution >= 4 is 38.9 Å². The smallest absolute Gasteiger partial charge is 0.416 e. The number of carbonyl (C=O) groups is 1. The van der Waals surface area contributed by atoms with Crippen LogP contribution in [0.1, 0.15) is 5.56 Å². The number of anilines is 2. The lowest BCUT2D eigenvalue weighted by molar-refractivity contribution is -0.137. The minimum atomic E-state index is -4.72. The van der Waals surface area contributed by atoms with Gasteiger partial charge in [0.05, 0.1) is 28.2 Å². The van der Waals surface area contributed by atoms with Gasteiger partial charge in [0.1, 0.15) is 12.3 Å². The van der Waals surface area contributed by atoms with Crippen LogP contribution in [0.2, 0.25) is 5.02 Å². The Morgan fingerprint density at radius 2 is 1.67 bits per heavy atom. The molecule has 3 aromatic carbocycles. The standard InChI is InChI=1S/C22H18ClF3N2O4S/c1-33(30,31)28(19-13-15(22(24,25)26)11-12-17(19)23)14-21(29)27-18-9-5-6-10-20(18)32-16-7-3-2-4-8-16/h2-13H,14H2,1H3,(H,27,29). The summed E-state index contributed by atoms with van der Waals surface area (Å²) in [5.41, 5.74) is -1.31. The molecule has 0 aliphatic carbocycles. The number of carbonyl (C=O) groups excluding carboxylic acids is 1. The van der Waals surface area contributed by atoms with Gasteiger partial charge in [0.25, 0.3) is 0 Å². The van der Waals surface area contributed by atoms with E-state index in [0.29, 0.717) is 21.9 Å². The van der Waals surface area contributed by atoms with Crippen LogP contribution in [0, 0.1) is 0 Å². The Bertz CT molecular complexity index is 1250. The highest BCUT2D eigenvalue weighted by Crippen LogP contribution is 2.36. The van der Waals surface area contributed by atoms with Crippen LogP contribution in [0.5, 0.6) is 11.5 Å². The van der Waals surface area contributed by atoms with E-state index in [1.807, 2.05) is 0 Å². The Labute approximate surface area is 193 Å². The maximum absolute atomic E-state index is 13.1. The molecule has 0 atom stereocenters. The summed E-state index contributed by atoms with van der Waals surface area (Å²) in [6, 6.07) is 17.4. The second-order valence-electron chi connectivity index (χ2n) is 6.89. The number of rotatable bonds is 7. The lowest BCUT2D eigenvalue weighted by atomic mass is 10.2. The van der Waals surface area contributed by atoms with E-state index in [1.54, 1.807) is 48.5 Å². The number of hydrogen-bond donors (Lipinski definition) is 1. The summed E-state index contributed by atoms with van der Waals surface area (Å²) in [6.07, 6.45) is -3.96. The van der Waals surface area contributed by atoms with Crippen LogP contribution in [0.4, 0.5) is 24.5 Å².